The molecule has 0 atom stereocenters. The number of carbonyl (C=O) groups is 1. The Kier molecular flexibility index (Phi) is 3.30. The summed E-state index contributed by atoms with van der Waals surface area (Å²) in [5.41, 5.74) is 0.160. The molecule has 0 aromatic carbocycles. The molecule has 4 nitrogen and oxygen atoms in total. The molecule has 0 aliphatic heterocycles. The van der Waals surface area contributed by atoms with Gasteiger partial charge in [0.05, 0.1) is 0 Å². The highest BCUT2D eigenvalue weighted by molar-refractivity contribution is 5.92. The highest BCUT2D eigenvalue weighted by Crippen LogP contribution is 2.08. The summed E-state index contributed by atoms with van der Waals surface area (Å²) < 4.78 is 0. The summed E-state index contributed by atoms with van der Waals surface area (Å²) >= 11 is 0. The highest BCUT2D eigenvalue weighted by Gasteiger charge is 2.20. The number of hydrogen-bond donors (Lipinski definition) is 3. The zero-order valence-electron chi connectivity index (χ0n) is 8.50. The predicted molar refractivity (Wildman–Crippen MR) is 54.0 cm³/mol. The lowest BCUT2D eigenvalue weighted by atomic mass is 10.0. The van der Waals surface area contributed by atoms with Gasteiger partial charge in [0.2, 0.25) is 0 Å². The quantitative estimate of drug-likeness (QED) is 0.670. The minimum Gasteiger partial charge on any atom is -0.396 e. The number of carbonyl (C=O) groups excluding carboxylic acids is 1. The molecule has 0 spiro atoms. The van der Waals surface area contributed by atoms with Crippen LogP contribution in [-0.2, 0) is 0 Å². The summed E-state index contributed by atoms with van der Waals surface area (Å²) in [7, 11) is 0. The zero-order valence-corrected chi connectivity index (χ0v) is 8.50. The molecule has 3 N–H and O–H groups in total. The Bertz CT molecular complexity index is 291. The minimum atomic E-state index is -0.378. The molecule has 0 fully saturated rings. The fourth-order valence-corrected chi connectivity index (χ4v) is 1.19. The van der Waals surface area contributed by atoms with Crippen LogP contribution in [-0.4, -0.2) is 28.1 Å². The van der Waals surface area contributed by atoms with Gasteiger partial charge in [-0.05, 0) is 32.4 Å². The first-order valence-corrected chi connectivity index (χ1v) is 4.62. The average Bonchev–Trinajstić information content (AvgIpc) is 2.53. The molecule has 4 heteroatoms. The van der Waals surface area contributed by atoms with Crippen molar-refractivity contribution in [1.82, 2.24) is 10.3 Å². The van der Waals surface area contributed by atoms with E-state index in [0.29, 0.717) is 12.1 Å². The Labute approximate surface area is 83.3 Å². The maximum Gasteiger partial charge on any atom is 0.268 e. The van der Waals surface area contributed by atoms with E-state index in [1.165, 1.54) is 0 Å². The van der Waals surface area contributed by atoms with Crippen molar-refractivity contribution in [2.75, 3.05) is 6.61 Å². The Morgan fingerprint density at radius 3 is 2.86 bits per heavy atom. The van der Waals surface area contributed by atoms with E-state index in [1.54, 1.807) is 18.3 Å². The fourth-order valence-electron chi connectivity index (χ4n) is 1.19. The molecule has 1 aromatic rings. The number of hydrogen-bond acceptors (Lipinski definition) is 2. The lowest BCUT2D eigenvalue weighted by Gasteiger charge is -2.24. The van der Waals surface area contributed by atoms with Crippen LogP contribution in [0.2, 0.25) is 0 Å². The van der Waals surface area contributed by atoms with Crippen molar-refractivity contribution >= 4 is 5.91 Å². The van der Waals surface area contributed by atoms with E-state index >= 15 is 0 Å². The van der Waals surface area contributed by atoms with E-state index in [1.807, 2.05) is 13.8 Å². The Morgan fingerprint density at radius 1 is 1.64 bits per heavy atom. The molecule has 0 aliphatic carbocycles. The van der Waals surface area contributed by atoms with Crippen molar-refractivity contribution < 1.29 is 9.90 Å². The van der Waals surface area contributed by atoms with E-state index < -0.39 is 0 Å². The third-order valence-corrected chi connectivity index (χ3v) is 2.03. The van der Waals surface area contributed by atoms with Crippen LogP contribution in [0.1, 0.15) is 30.8 Å². The molecule has 0 saturated heterocycles. The standard InChI is InChI=1S/C10H16N2O2/c1-10(2,5-7-13)12-9(14)8-4-3-6-11-8/h3-4,6,11,13H,5,7H2,1-2H3,(H,12,14). The molecule has 0 saturated carbocycles. The van der Waals surface area contributed by atoms with Gasteiger partial charge in [0.15, 0.2) is 0 Å². The van der Waals surface area contributed by atoms with Gasteiger partial charge in [-0.15, -0.1) is 0 Å². The zero-order chi connectivity index (χ0) is 10.6. The van der Waals surface area contributed by atoms with Crippen LogP contribution in [0.15, 0.2) is 18.3 Å². The molecule has 1 heterocycles. The summed E-state index contributed by atoms with van der Waals surface area (Å²) in [4.78, 5) is 14.4. The van der Waals surface area contributed by atoms with Crippen molar-refractivity contribution in [3.05, 3.63) is 24.0 Å². The molecule has 1 rings (SSSR count). The second-order valence-corrected chi connectivity index (χ2v) is 3.90. The van der Waals surface area contributed by atoms with E-state index in [-0.39, 0.29) is 18.1 Å². The number of aliphatic hydroxyl groups is 1. The number of H-pyrrole nitrogens is 1. The Morgan fingerprint density at radius 2 is 2.36 bits per heavy atom. The summed E-state index contributed by atoms with van der Waals surface area (Å²) in [5, 5.41) is 11.6. The fraction of sp³-hybridized carbons (Fsp3) is 0.500. The second-order valence-electron chi connectivity index (χ2n) is 3.90. The predicted octanol–water partition coefficient (Wildman–Crippen LogP) is 0.906. The first kappa shape index (κ1) is 10.8. The van der Waals surface area contributed by atoms with Gasteiger partial charge in [0, 0.05) is 18.3 Å². The topological polar surface area (TPSA) is 65.1 Å². The van der Waals surface area contributed by atoms with E-state index in [9.17, 15) is 4.79 Å². The van der Waals surface area contributed by atoms with E-state index in [0.717, 1.165) is 0 Å². The monoisotopic (exact) mass is 196 g/mol. The molecule has 1 amide bonds. The SMILES string of the molecule is CC(C)(CCO)NC(=O)c1ccc[nH]1. The lowest BCUT2D eigenvalue weighted by molar-refractivity contribution is 0.0895. The van der Waals surface area contributed by atoms with Gasteiger partial charge in [-0.25, -0.2) is 0 Å². The average molecular weight is 196 g/mol. The van der Waals surface area contributed by atoms with E-state index in [2.05, 4.69) is 10.3 Å². The van der Waals surface area contributed by atoms with Gasteiger partial charge >= 0.3 is 0 Å². The van der Waals surface area contributed by atoms with Crippen LogP contribution in [0.4, 0.5) is 0 Å². The van der Waals surface area contributed by atoms with Crippen LogP contribution in [0.25, 0.3) is 0 Å². The number of nitrogens with one attached hydrogen (secondary N) is 2. The van der Waals surface area contributed by atoms with Crippen molar-refractivity contribution in [3.63, 3.8) is 0 Å². The van der Waals surface area contributed by atoms with Crippen molar-refractivity contribution in [1.29, 1.82) is 0 Å². The van der Waals surface area contributed by atoms with Crippen LogP contribution in [0.5, 0.6) is 0 Å². The van der Waals surface area contributed by atoms with Crippen molar-refractivity contribution in [2.24, 2.45) is 0 Å². The summed E-state index contributed by atoms with van der Waals surface area (Å²) in [6.45, 7) is 3.83. The Balaban J connectivity index is 2.57. The molecule has 0 aliphatic rings. The van der Waals surface area contributed by atoms with Gasteiger partial charge in [-0.2, -0.15) is 0 Å². The number of aromatic nitrogens is 1. The third kappa shape index (κ3) is 2.88. The number of rotatable bonds is 4. The van der Waals surface area contributed by atoms with Gasteiger partial charge < -0.3 is 15.4 Å². The normalized spacial score (nSPS) is 11.4. The smallest absolute Gasteiger partial charge is 0.268 e. The number of aliphatic hydroxyl groups excluding tert-OH is 1. The molecule has 14 heavy (non-hydrogen) atoms. The van der Waals surface area contributed by atoms with Crippen molar-refractivity contribution in [3.8, 4) is 0 Å². The van der Waals surface area contributed by atoms with Gasteiger partial charge in [0.25, 0.3) is 5.91 Å². The molecular weight excluding hydrogens is 180 g/mol. The van der Waals surface area contributed by atoms with Gasteiger partial charge in [-0.3, -0.25) is 4.79 Å². The Hall–Kier alpha value is -1.29. The van der Waals surface area contributed by atoms with E-state index in [4.69, 9.17) is 5.11 Å². The molecule has 78 valence electrons. The highest BCUT2D eigenvalue weighted by atomic mass is 16.3. The van der Waals surface area contributed by atoms with Crippen LogP contribution >= 0.6 is 0 Å². The molecule has 0 unspecified atom stereocenters. The summed E-state index contributed by atoms with van der Waals surface area (Å²) in [6, 6.07) is 3.48. The van der Waals surface area contributed by atoms with Crippen molar-refractivity contribution in [2.45, 2.75) is 25.8 Å². The molecular formula is C10H16N2O2. The van der Waals surface area contributed by atoms with Crippen LogP contribution < -0.4 is 5.32 Å². The summed E-state index contributed by atoms with van der Waals surface area (Å²) in [5.74, 6) is -0.145. The maximum absolute atomic E-state index is 11.6. The molecule has 1 aromatic heterocycles. The largest absolute Gasteiger partial charge is 0.396 e. The molecule has 0 radical (unpaired) electrons. The van der Waals surface area contributed by atoms with Gasteiger partial charge in [-0.1, -0.05) is 0 Å². The lowest BCUT2D eigenvalue weighted by Crippen LogP contribution is -2.44. The first-order chi connectivity index (χ1) is 6.55. The number of amides is 1. The van der Waals surface area contributed by atoms with Crippen LogP contribution in [0, 0.1) is 0 Å². The molecule has 0 bridgehead atoms. The first-order valence-electron chi connectivity index (χ1n) is 4.62. The second kappa shape index (κ2) is 4.28. The van der Waals surface area contributed by atoms with Gasteiger partial charge in [0.1, 0.15) is 5.69 Å². The maximum atomic E-state index is 11.6. The third-order valence-electron chi connectivity index (χ3n) is 2.03. The number of aromatic amines is 1. The minimum absolute atomic E-state index is 0.0675. The summed E-state index contributed by atoms with van der Waals surface area (Å²) in [6.07, 6.45) is 2.24. The van der Waals surface area contributed by atoms with Crippen LogP contribution in [0.3, 0.4) is 0 Å².